The second kappa shape index (κ2) is 18.5. The topological polar surface area (TPSA) is 88.1 Å². The first-order valence-corrected chi connectivity index (χ1v) is 14.9. The highest BCUT2D eigenvalue weighted by atomic mass is 16.7. The van der Waals surface area contributed by atoms with Crippen molar-refractivity contribution < 1.29 is 24.3 Å². The van der Waals surface area contributed by atoms with E-state index in [1.807, 2.05) is 60.7 Å². The lowest BCUT2D eigenvalue weighted by atomic mass is 10.1. The van der Waals surface area contributed by atoms with E-state index >= 15 is 0 Å². The number of rotatable bonds is 20. The zero-order valence-electron chi connectivity index (χ0n) is 24.2. The highest BCUT2D eigenvalue weighted by molar-refractivity contribution is 5.94. The van der Waals surface area contributed by atoms with Crippen molar-refractivity contribution in [2.75, 3.05) is 18.2 Å². The van der Waals surface area contributed by atoms with Crippen molar-refractivity contribution in [3.05, 3.63) is 90.0 Å². The Bertz CT molecular complexity index is 1170. The lowest BCUT2D eigenvalue weighted by Crippen LogP contribution is -2.26. The van der Waals surface area contributed by atoms with Crippen LogP contribution < -0.4 is 15.1 Å². The van der Waals surface area contributed by atoms with Gasteiger partial charge in [0.15, 0.2) is 6.61 Å². The minimum Gasteiger partial charge on any atom is -0.479 e. The number of unbranched alkanes of at least 4 members (excludes halogenated alkanes) is 9. The summed E-state index contributed by atoms with van der Waals surface area (Å²) in [6.45, 7) is 2.73. The van der Waals surface area contributed by atoms with Gasteiger partial charge in [0.05, 0.1) is 12.2 Å². The molecule has 0 aliphatic heterocycles. The van der Waals surface area contributed by atoms with Crippen LogP contribution in [0.4, 0.5) is 5.69 Å². The van der Waals surface area contributed by atoms with Crippen LogP contribution in [0.5, 0.6) is 11.5 Å². The summed E-state index contributed by atoms with van der Waals surface area (Å²) >= 11 is 0. The molecule has 0 saturated heterocycles. The van der Waals surface area contributed by atoms with Crippen molar-refractivity contribution in [3.63, 3.8) is 0 Å². The van der Waals surface area contributed by atoms with Crippen molar-refractivity contribution in [3.8, 4) is 11.5 Å². The van der Waals surface area contributed by atoms with Gasteiger partial charge in [-0.1, -0.05) is 101 Å². The van der Waals surface area contributed by atoms with Crippen LogP contribution >= 0.6 is 0 Å². The SMILES string of the molecule is CCCCCCCCCCCCNC(=O)c1ccc(CN(OCC(=O)O)c2cccc(Oc3ccccc3)c2)cc1. The number of hydroxylamine groups is 1. The van der Waals surface area contributed by atoms with Crippen LogP contribution in [0.1, 0.15) is 87.1 Å². The summed E-state index contributed by atoms with van der Waals surface area (Å²) in [7, 11) is 0. The Balaban J connectivity index is 1.47. The van der Waals surface area contributed by atoms with E-state index in [1.54, 1.807) is 18.2 Å². The van der Waals surface area contributed by atoms with Gasteiger partial charge in [-0.3, -0.25) is 9.63 Å². The molecule has 0 atom stereocenters. The van der Waals surface area contributed by atoms with Crippen LogP contribution in [-0.4, -0.2) is 30.1 Å². The molecule has 220 valence electrons. The lowest BCUT2D eigenvalue weighted by molar-refractivity contribution is -0.142. The monoisotopic (exact) mass is 560 g/mol. The van der Waals surface area contributed by atoms with Crippen LogP contribution in [0.3, 0.4) is 0 Å². The summed E-state index contributed by atoms with van der Waals surface area (Å²) < 4.78 is 5.92. The number of ether oxygens (including phenoxy) is 1. The predicted molar refractivity (Wildman–Crippen MR) is 163 cm³/mol. The van der Waals surface area contributed by atoms with E-state index in [0.717, 1.165) is 18.4 Å². The number of carbonyl (C=O) groups excluding carboxylic acids is 1. The van der Waals surface area contributed by atoms with E-state index in [9.17, 15) is 14.7 Å². The number of nitrogens with one attached hydrogen (secondary N) is 1. The van der Waals surface area contributed by atoms with Gasteiger partial charge in [0.2, 0.25) is 0 Å². The Kier molecular flexibility index (Phi) is 14.3. The fraction of sp³-hybridized carbons (Fsp3) is 0.412. The number of carboxylic acid groups (broad SMARTS) is 1. The Labute approximate surface area is 244 Å². The maximum atomic E-state index is 12.6. The van der Waals surface area contributed by atoms with E-state index in [1.165, 1.54) is 56.4 Å². The van der Waals surface area contributed by atoms with Gasteiger partial charge in [-0.2, -0.15) is 0 Å². The molecule has 0 unspecified atom stereocenters. The standard InChI is InChI=1S/C34H44N2O5/c1-2-3-4-5-6-7-8-9-10-14-24-35-34(39)29-22-20-28(21-23-29)26-36(40-27-33(37)38)30-16-15-19-32(25-30)41-31-17-12-11-13-18-31/h11-13,15-23,25H,2-10,14,24,26-27H2,1H3,(H,35,39)(H,37,38). The molecular formula is C34H44N2O5. The molecule has 2 N–H and O–H groups in total. The van der Waals surface area contributed by atoms with Gasteiger partial charge < -0.3 is 15.2 Å². The molecule has 7 nitrogen and oxygen atoms in total. The van der Waals surface area contributed by atoms with Gasteiger partial charge in [0.25, 0.3) is 5.91 Å². The quantitative estimate of drug-likeness (QED) is 0.107. The maximum Gasteiger partial charge on any atom is 0.332 e. The lowest BCUT2D eigenvalue weighted by Gasteiger charge is -2.24. The van der Waals surface area contributed by atoms with Crippen LogP contribution in [0.2, 0.25) is 0 Å². The number of nitrogens with zero attached hydrogens (tertiary/aromatic N) is 1. The minimum atomic E-state index is -1.07. The van der Waals surface area contributed by atoms with E-state index in [0.29, 0.717) is 35.8 Å². The summed E-state index contributed by atoms with van der Waals surface area (Å²) in [5, 5.41) is 13.7. The van der Waals surface area contributed by atoms with Crippen LogP contribution in [0, 0.1) is 0 Å². The number of carboxylic acids is 1. The van der Waals surface area contributed by atoms with Gasteiger partial charge in [0, 0.05) is 18.2 Å². The molecule has 3 rings (SSSR count). The molecule has 0 bridgehead atoms. The summed E-state index contributed by atoms with van der Waals surface area (Å²) in [6, 6.07) is 24.0. The van der Waals surface area contributed by atoms with Gasteiger partial charge in [-0.25, -0.2) is 9.86 Å². The van der Waals surface area contributed by atoms with E-state index in [2.05, 4.69) is 12.2 Å². The molecule has 0 heterocycles. The molecule has 0 aromatic heterocycles. The first kappa shape index (κ1) is 31.7. The third-order valence-corrected chi connectivity index (χ3v) is 6.79. The fourth-order valence-electron chi connectivity index (χ4n) is 4.52. The van der Waals surface area contributed by atoms with Crippen molar-refractivity contribution in [2.24, 2.45) is 0 Å². The molecule has 3 aromatic carbocycles. The Morgan fingerprint density at radius 2 is 1.39 bits per heavy atom. The number of amides is 1. The van der Waals surface area contributed by atoms with Crippen molar-refractivity contribution in [2.45, 2.75) is 77.7 Å². The second-order valence-corrected chi connectivity index (χ2v) is 10.3. The van der Waals surface area contributed by atoms with E-state index < -0.39 is 12.6 Å². The zero-order valence-corrected chi connectivity index (χ0v) is 24.2. The number of hydrogen-bond donors (Lipinski definition) is 2. The van der Waals surface area contributed by atoms with Crippen molar-refractivity contribution in [1.82, 2.24) is 5.32 Å². The summed E-state index contributed by atoms with van der Waals surface area (Å²) in [6.07, 6.45) is 12.6. The van der Waals surface area contributed by atoms with E-state index in [4.69, 9.17) is 9.57 Å². The average molecular weight is 561 g/mol. The summed E-state index contributed by atoms with van der Waals surface area (Å²) in [5.41, 5.74) is 2.12. The predicted octanol–water partition coefficient (Wildman–Crippen LogP) is 8.15. The van der Waals surface area contributed by atoms with Gasteiger partial charge >= 0.3 is 5.97 Å². The van der Waals surface area contributed by atoms with E-state index in [-0.39, 0.29) is 5.91 Å². The summed E-state index contributed by atoms with van der Waals surface area (Å²) in [4.78, 5) is 29.4. The normalized spacial score (nSPS) is 10.8. The van der Waals surface area contributed by atoms with Gasteiger partial charge in [0.1, 0.15) is 11.5 Å². The maximum absolute atomic E-state index is 12.6. The first-order valence-electron chi connectivity index (χ1n) is 14.9. The second-order valence-electron chi connectivity index (χ2n) is 10.3. The number of hydrogen-bond acceptors (Lipinski definition) is 5. The Morgan fingerprint density at radius 1 is 0.756 bits per heavy atom. The van der Waals surface area contributed by atoms with Crippen molar-refractivity contribution >= 4 is 17.6 Å². The number of para-hydroxylation sites is 1. The van der Waals surface area contributed by atoms with Gasteiger partial charge in [-0.15, -0.1) is 0 Å². The molecular weight excluding hydrogens is 516 g/mol. The van der Waals surface area contributed by atoms with Crippen LogP contribution in [0.15, 0.2) is 78.9 Å². The molecule has 0 aliphatic rings. The Morgan fingerprint density at radius 3 is 2.05 bits per heavy atom. The molecule has 3 aromatic rings. The number of aliphatic carboxylic acids is 1. The number of benzene rings is 3. The number of carbonyl (C=O) groups is 2. The fourth-order valence-corrected chi connectivity index (χ4v) is 4.52. The molecule has 0 radical (unpaired) electrons. The number of anilines is 1. The molecule has 1 amide bonds. The highest BCUT2D eigenvalue weighted by Crippen LogP contribution is 2.27. The smallest absolute Gasteiger partial charge is 0.332 e. The molecule has 7 heteroatoms. The average Bonchev–Trinajstić information content (AvgIpc) is 2.99. The summed E-state index contributed by atoms with van der Waals surface area (Å²) in [5.74, 6) is 0.148. The van der Waals surface area contributed by atoms with Gasteiger partial charge in [-0.05, 0) is 48.4 Å². The molecule has 41 heavy (non-hydrogen) atoms. The third-order valence-electron chi connectivity index (χ3n) is 6.79. The largest absolute Gasteiger partial charge is 0.479 e. The molecule has 0 fully saturated rings. The van der Waals surface area contributed by atoms with Crippen molar-refractivity contribution in [1.29, 1.82) is 0 Å². The zero-order chi connectivity index (χ0) is 29.1. The highest BCUT2D eigenvalue weighted by Gasteiger charge is 2.13. The minimum absolute atomic E-state index is 0.0859. The third kappa shape index (κ3) is 12.5. The first-order chi connectivity index (χ1) is 20.0. The van der Waals surface area contributed by atoms with Crippen LogP contribution in [-0.2, 0) is 16.2 Å². The molecule has 0 spiro atoms. The molecule has 0 saturated carbocycles. The van der Waals surface area contributed by atoms with Crippen LogP contribution in [0.25, 0.3) is 0 Å². The Hall–Kier alpha value is -3.84. The molecule has 0 aliphatic carbocycles.